The van der Waals surface area contributed by atoms with Gasteiger partial charge in [0.15, 0.2) is 0 Å². The minimum Gasteiger partial charge on any atom is -0.345 e. The van der Waals surface area contributed by atoms with E-state index in [-0.39, 0.29) is 5.56 Å². The second-order valence-electron chi connectivity index (χ2n) is 5.78. The van der Waals surface area contributed by atoms with Crippen molar-refractivity contribution in [2.24, 2.45) is 0 Å². The summed E-state index contributed by atoms with van der Waals surface area (Å²) in [5, 5.41) is 4.44. The molecule has 0 saturated heterocycles. The molecule has 2 rings (SSSR count). The van der Waals surface area contributed by atoms with E-state index in [1.165, 1.54) is 18.0 Å². The van der Waals surface area contributed by atoms with Crippen molar-refractivity contribution in [3.05, 3.63) is 53.2 Å². The summed E-state index contributed by atoms with van der Waals surface area (Å²) in [6.07, 6.45) is -2.96. The second kappa shape index (κ2) is 8.90. The highest BCUT2D eigenvalue weighted by atomic mass is 32.2. The van der Waals surface area contributed by atoms with Gasteiger partial charge in [0.1, 0.15) is 11.6 Å². The van der Waals surface area contributed by atoms with Crippen molar-refractivity contribution in [1.29, 1.82) is 0 Å². The molecule has 5 nitrogen and oxygen atoms in total. The average molecular weight is 397 g/mol. The highest BCUT2D eigenvalue weighted by Crippen LogP contribution is 2.29. The van der Waals surface area contributed by atoms with Gasteiger partial charge in [-0.3, -0.25) is 9.59 Å². The van der Waals surface area contributed by atoms with E-state index < -0.39 is 31.1 Å². The van der Waals surface area contributed by atoms with E-state index in [2.05, 4.69) is 10.3 Å². The fourth-order valence-corrected chi connectivity index (χ4v) is 3.03. The van der Waals surface area contributed by atoms with Crippen LogP contribution >= 0.6 is 11.8 Å². The first kappa shape index (κ1) is 20.8. The number of alkyl halides is 3. The van der Waals surface area contributed by atoms with E-state index in [0.29, 0.717) is 5.03 Å². The summed E-state index contributed by atoms with van der Waals surface area (Å²) in [6.45, 7) is 1.97. The first-order valence-corrected chi connectivity index (χ1v) is 8.79. The maximum absolute atomic E-state index is 12.3. The van der Waals surface area contributed by atoms with Crippen molar-refractivity contribution in [3.63, 3.8) is 0 Å². The first-order chi connectivity index (χ1) is 12.7. The maximum Gasteiger partial charge on any atom is 0.405 e. The third kappa shape index (κ3) is 6.59. The quantitative estimate of drug-likeness (QED) is 0.785. The Labute approximate surface area is 158 Å². The molecule has 0 spiro atoms. The molecule has 0 aliphatic carbocycles. The van der Waals surface area contributed by atoms with Gasteiger partial charge in [-0.05, 0) is 49.2 Å². The van der Waals surface area contributed by atoms with E-state index in [9.17, 15) is 22.8 Å². The zero-order valence-electron chi connectivity index (χ0n) is 14.7. The van der Waals surface area contributed by atoms with E-state index in [1.807, 2.05) is 32.0 Å². The van der Waals surface area contributed by atoms with E-state index in [4.69, 9.17) is 0 Å². The summed E-state index contributed by atoms with van der Waals surface area (Å²) in [5.74, 6) is -1.51. The number of pyridine rings is 1. The fourth-order valence-electron chi connectivity index (χ4n) is 2.05. The number of hydrogen-bond acceptors (Lipinski definition) is 4. The number of aryl methyl sites for hydroxylation is 2. The van der Waals surface area contributed by atoms with Crippen molar-refractivity contribution in [2.45, 2.75) is 29.9 Å². The van der Waals surface area contributed by atoms with Crippen LogP contribution in [0.3, 0.4) is 0 Å². The lowest BCUT2D eigenvalue weighted by atomic mass is 10.1. The van der Waals surface area contributed by atoms with Crippen LogP contribution in [0.1, 0.15) is 21.5 Å². The monoisotopic (exact) mass is 397 g/mol. The predicted octanol–water partition coefficient (Wildman–Crippen LogP) is 3.26. The van der Waals surface area contributed by atoms with Gasteiger partial charge in [-0.25, -0.2) is 4.98 Å². The summed E-state index contributed by atoms with van der Waals surface area (Å²) >= 11 is 1.29. The van der Waals surface area contributed by atoms with Crippen LogP contribution in [0.2, 0.25) is 0 Å². The van der Waals surface area contributed by atoms with Crippen LogP contribution in [0.15, 0.2) is 46.5 Å². The van der Waals surface area contributed by atoms with Gasteiger partial charge in [-0.15, -0.1) is 0 Å². The van der Waals surface area contributed by atoms with Crippen molar-refractivity contribution >= 4 is 23.6 Å². The summed E-state index contributed by atoms with van der Waals surface area (Å²) in [5.41, 5.74) is 2.48. The van der Waals surface area contributed by atoms with Crippen molar-refractivity contribution < 1.29 is 22.8 Å². The van der Waals surface area contributed by atoms with E-state index >= 15 is 0 Å². The molecular weight excluding hydrogens is 379 g/mol. The number of hydrogen-bond donors (Lipinski definition) is 2. The standard InChI is InChI=1S/C18H18F3N3O2S/c1-11-5-6-13(8-12(11)2)27-17-14(4-3-7-22-17)16(26)23-9-15(25)24-10-18(19,20)21/h3-8H,9-10H2,1-2H3,(H,23,26)(H,24,25). The molecule has 2 amide bonds. The Bertz CT molecular complexity index is 841. The molecule has 144 valence electrons. The summed E-state index contributed by atoms with van der Waals surface area (Å²) in [4.78, 5) is 28.8. The number of rotatable bonds is 6. The largest absolute Gasteiger partial charge is 0.405 e. The SMILES string of the molecule is Cc1ccc(Sc2ncccc2C(=O)NCC(=O)NCC(F)(F)F)cc1C. The Morgan fingerprint density at radius 3 is 2.52 bits per heavy atom. The van der Waals surface area contributed by atoms with Crippen LogP contribution < -0.4 is 10.6 Å². The minimum absolute atomic E-state index is 0.240. The van der Waals surface area contributed by atoms with Gasteiger partial charge in [0.2, 0.25) is 5.91 Å². The van der Waals surface area contributed by atoms with Gasteiger partial charge in [0.05, 0.1) is 12.1 Å². The summed E-state index contributed by atoms with van der Waals surface area (Å²) < 4.78 is 36.2. The lowest BCUT2D eigenvalue weighted by Crippen LogP contribution is -2.41. The Kier molecular flexibility index (Phi) is 6.84. The van der Waals surface area contributed by atoms with Crippen LogP contribution in [-0.4, -0.2) is 36.1 Å². The van der Waals surface area contributed by atoms with Gasteiger partial charge < -0.3 is 10.6 Å². The number of halogens is 3. The van der Waals surface area contributed by atoms with E-state index in [0.717, 1.165) is 16.0 Å². The topological polar surface area (TPSA) is 71.1 Å². The third-order valence-corrected chi connectivity index (χ3v) is 4.61. The Morgan fingerprint density at radius 2 is 1.85 bits per heavy atom. The van der Waals surface area contributed by atoms with Gasteiger partial charge in [0, 0.05) is 11.1 Å². The van der Waals surface area contributed by atoms with Crippen molar-refractivity contribution in [1.82, 2.24) is 15.6 Å². The van der Waals surface area contributed by atoms with Crippen LogP contribution in [0, 0.1) is 13.8 Å². The zero-order chi connectivity index (χ0) is 20.0. The smallest absolute Gasteiger partial charge is 0.345 e. The van der Waals surface area contributed by atoms with Crippen molar-refractivity contribution in [2.75, 3.05) is 13.1 Å². The minimum atomic E-state index is -4.50. The molecule has 0 saturated carbocycles. The number of carbonyl (C=O) groups is 2. The molecule has 0 fully saturated rings. The molecule has 0 atom stereocenters. The Hall–Kier alpha value is -2.55. The first-order valence-electron chi connectivity index (χ1n) is 7.97. The number of aromatic nitrogens is 1. The van der Waals surface area contributed by atoms with Crippen LogP contribution in [0.25, 0.3) is 0 Å². The van der Waals surface area contributed by atoms with Crippen molar-refractivity contribution in [3.8, 4) is 0 Å². The zero-order valence-corrected chi connectivity index (χ0v) is 15.5. The number of carbonyl (C=O) groups excluding carboxylic acids is 2. The maximum atomic E-state index is 12.3. The number of nitrogens with zero attached hydrogens (tertiary/aromatic N) is 1. The van der Waals surface area contributed by atoms with Crippen LogP contribution in [0.4, 0.5) is 13.2 Å². The average Bonchev–Trinajstić information content (AvgIpc) is 2.61. The molecule has 0 bridgehead atoms. The normalized spacial score (nSPS) is 11.1. The Balaban J connectivity index is 2.02. The van der Waals surface area contributed by atoms with E-state index in [1.54, 1.807) is 17.4 Å². The highest BCUT2D eigenvalue weighted by Gasteiger charge is 2.27. The third-order valence-electron chi connectivity index (χ3n) is 3.60. The molecule has 2 N–H and O–H groups in total. The fraction of sp³-hybridized carbons (Fsp3) is 0.278. The predicted molar refractivity (Wildman–Crippen MR) is 95.7 cm³/mol. The van der Waals surface area contributed by atoms with Gasteiger partial charge in [-0.1, -0.05) is 17.8 Å². The molecule has 2 aromatic rings. The molecule has 0 aliphatic rings. The lowest BCUT2D eigenvalue weighted by Gasteiger charge is -2.11. The molecule has 9 heteroatoms. The molecule has 1 heterocycles. The molecule has 0 radical (unpaired) electrons. The molecule has 0 aliphatic heterocycles. The second-order valence-corrected chi connectivity index (χ2v) is 6.84. The van der Waals surface area contributed by atoms with Crippen LogP contribution in [0.5, 0.6) is 0 Å². The Morgan fingerprint density at radius 1 is 1.11 bits per heavy atom. The van der Waals surface area contributed by atoms with Gasteiger partial charge >= 0.3 is 6.18 Å². The van der Waals surface area contributed by atoms with Crippen LogP contribution in [-0.2, 0) is 4.79 Å². The summed E-state index contributed by atoms with van der Waals surface area (Å²) in [7, 11) is 0. The molecular formula is C18H18F3N3O2S. The lowest BCUT2D eigenvalue weighted by molar-refractivity contribution is -0.137. The summed E-state index contributed by atoms with van der Waals surface area (Å²) in [6, 6.07) is 8.96. The number of nitrogens with one attached hydrogen (secondary N) is 2. The highest BCUT2D eigenvalue weighted by molar-refractivity contribution is 7.99. The number of benzene rings is 1. The van der Waals surface area contributed by atoms with Gasteiger partial charge in [-0.2, -0.15) is 13.2 Å². The molecule has 27 heavy (non-hydrogen) atoms. The molecule has 1 aromatic carbocycles. The molecule has 0 unspecified atom stereocenters. The molecule has 1 aromatic heterocycles. The number of amides is 2. The van der Waals surface area contributed by atoms with Gasteiger partial charge in [0.25, 0.3) is 5.91 Å².